The molecule has 0 bridgehead atoms. The van der Waals surface area contributed by atoms with Crippen molar-refractivity contribution >= 4 is 11.3 Å². The van der Waals surface area contributed by atoms with Gasteiger partial charge >= 0.3 is 4.87 Å². The van der Waals surface area contributed by atoms with E-state index in [0.29, 0.717) is 23.0 Å². The second-order valence-corrected chi connectivity index (χ2v) is 9.44. The molecule has 31 heavy (non-hydrogen) atoms. The van der Waals surface area contributed by atoms with Crippen LogP contribution in [0.3, 0.4) is 0 Å². The van der Waals surface area contributed by atoms with Crippen LogP contribution in [0.1, 0.15) is 35.6 Å². The SMILES string of the molecule is Cc1c(C)c2c(c(C)c1O)CCC(C)(COc1ccc(-c3sc(=O)n(C)c3O)cc1)O2. The number of benzene rings is 2. The van der Waals surface area contributed by atoms with Crippen molar-refractivity contribution in [2.24, 2.45) is 7.05 Å². The summed E-state index contributed by atoms with van der Waals surface area (Å²) in [6, 6.07) is 7.33. The first-order valence-corrected chi connectivity index (χ1v) is 11.1. The lowest BCUT2D eigenvalue weighted by atomic mass is 9.87. The van der Waals surface area contributed by atoms with Crippen LogP contribution >= 0.6 is 11.3 Å². The minimum absolute atomic E-state index is 0.0301. The third kappa shape index (κ3) is 3.67. The molecule has 2 aromatic carbocycles. The second kappa shape index (κ2) is 7.64. The Labute approximate surface area is 185 Å². The van der Waals surface area contributed by atoms with E-state index < -0.39 is 5.60 Å². The van der Waals surface area contributed by atoms with E-state index in [2.05, 4.69) is 0 Å². The van der Waals surface area contributed by atoms with E-state index in [1.54, 1.807) is 7.05 Å². The van der Waals surface area contributed by atoms with Crippen LogP contribution in [0.25, 0.3) is 10.4 Å². The molecule has 1 unspecified atom stereocenters. The van der Waals surface area contributed by atoms with E-state index in [1.807, 2.05) is 52.0 Å². The Morgan fingerprint density at radius 3 is 2.42 bits per heavy atom. The summed E-state index contributed by atoms with van der Waals surface area (Å²) < 4.78 is 13.7. The van der Waals surface area contributed by atoms with Crippen LogP contribution in [0.2, 0.25) is 0 Å². The molecule has 0 amide bonds. The fourth-order valence-electron chi connectivity index (χ4n) is 3.96. The van der Waals surface area contributed by atoms with Crippen LogP contribution in [0.15, 0.2) is 29.1 Å². The molecule has 0 spiro atoms. The van der Waals surface area contributed by atoms with Gasteiger partial charge in [-0.05, 0) is 87.1 Å². The summed E-state index contributed by atoms with van der Waals surface area (Å²) in [6.07, 6.45) is 1.60. The van der Waals surface area contributed by atoms with Gasteiger partial charge in [-0.15, -0.1) is 0 Å². The Kier molecular flexibility index (Phi) is 5.25. The van der Waals surface area contributed by atoms with E-state index in [1.165, 1.54) is 4.57 Å². The number of thiazole rings is 1. The molecule has 3 aromatic rings. The topological polar surface area (TPSA) is 80.9 Å². The van der Waals surface area contributed by atoms with E-state index in [9.17, 15) is 15.0 Å². The van der Waals surface area contributed by atoms with Gasteiger partial charge in [-0.1, -0.05) is 11.3 Å². The molecule has 1 aliphatic rings. The first-order valence-electron chi connectivity index (χ1n) is 10.2. The minimum Gasteiger partial charge on any atom is -0.507 e. The number of aromatic hydroxyl groups is 2. The lowest BCUT2D eigenvalue weighted by Crippen LogP contribution is -2.42. The van der Waals surface area contributed by atoms with Gasteiger partial charge in [0.15, 0.2) is 0 Å². The molecule has 164 valence electrons. The van der Waals surface area contributed by atoms with Crippen molar-refractivity contribution in [2.45, 2.75) is 46.1 Å². The maximum atomic E-state index is 11.8. The summed E-state index contributed by atoms with van der Waals surface area (Å²) in [6.45, 7) is 8.25. The highest BCUT2D eigenvalue weighted by Gasteiger charge is 2.35. The Bertz CT molecular complexity index is 1210. The van der Waals surface area contributed by atoms with Gasteiger partial charge in [0.05, 0.1) is 4.88 Å². The molecule has 0 saturated carbocycles. The fourth-order valence-corrected chi connectivity index (χ4v) is 4.84. The van der Waals surface area contributed by atoms with Crippen LogP contribution in [-0.4, -0.2) is 27.0 Å². The predicted octanol–water partition coefficient (Wildman–Crippen LogP) is 4.61. The fraction of sp³-hybridized carbons (Fsp3) is 0.375. The molecular formula is C24H27NO5S. The van der Waals surface area contributed by atoms with Gasteiger partial charge < -0.3 is 19.7 Å². The summed E-state index contributed by atoms with van der Waals surface area (Å²) in [5.74, 6) is 1.87. The zero-order chi connectivity index (χ0) is 22.5. The quantitative estimate of drug-likeness (QED) is 0.618. The maximum Gasteiger partial charge on any atom is 0.310 e. The van der Waals surface area contributed by atoms with Gasteiger partial charge in [0.2, 0.25) is 5.88 Å². The van der Waals surface area contributed by atoms with Gasteiger partial charge in [-0.2, -0.15) is 0 Å². The van der Waals surface area contributed by atoms with Gasteiger partial charge in [0, 0.05) is 12.6 Å². The normalized spacial score (nSPS) is 17.8. The Morgan fingerprint density at radius 2 is 1.81 bits per heavy atom. The molecule has 1 aliphatic heterocycles. The van der Waals surface area contributed by atoms with Gasteiger partial charge in [-0.3, -0.25) is 9.36 Å². The summed E-state index contributed by atoms with van der Waals surface area (Å²) in [7, 11) is 1.55. The third-order valence-electron chi connectivity index (χ3n) is 6.24. The molecule has 7 heteroatoms. The average molecular weight is 442 g/mol. The van der Waals surface area contributed by atoms with E-state index in [4.69, 9.17) is 9.47 Å². The van der Waals surface area contributed by atoms with Crippen LogP contribution < -0.4 is 14.3 Å². The Morgan fingerprint density at radius 1 is 1.13 bits per heavy atom. The van der Waals surface area contributed by atoms with E-state index in [0.717, 1.165) is 57.7 Å². The van der Waals surface area contributed by atoms with Crippen molar-refractivity contribution in [2.75, 3.05) is 6.61 Å². The molecule has 1 aromatic heterocycles. The maximum absolute atomic E-state index is 11.8. The number of hydrogen-bond donors (Lipinski definition) is 2. The third-order valence-corrected chi connectivity index (χ3v) is 7.31. The molecule has 2 N–H and O–H groups in total. The first-order chi connectivity index (χ1) is 14.6. The van der Waals surface area contributed by atoms with Crippen LogP contribution in [0, 0.1) is 20.8 Å². The summed E-state index contributed by atoms with van der Waals surface area (Å²) in [5, 5.41) is 20.5. The van der Waals surface area contributed by atoms with Crippen LogP contribution in [-0.2, 0) is 13.5 Å². The van der Waals surface area contributed by atoms with Crippen molar-refractivity contribution in [1.82, 2.24) is 4.57 Å². The predicted molar refractivity (Wildman–Crippen MR) is 122 cm³/mol. The first kappa shape index (κ1) is 21.3. The number of ether oxygens (including phenoxy) is 2. The minimum atomic E-state index is -0.483. The molecule has 2 heterocycles. The molecule has 0 saturated heterocycles. The summed E-state index contributed by atoms with van der Waals surface area (Å²) >= 11 is 1.01. The van der Waals surface area contributed by atoms with Gasteiger partial charge in [0.25, 0.3) is 0 Å². The molecule has 6 nitrogen and oxygen atoms in total. The standard InChI is InChI=1S/C24H27NO5S/c1-13-14(2)20-18(15(3)19(13)26)10-11-24(4,30-20)12-29-17-8-6-16(7-9-17)21-22(27)25(5)23(28)31-21/h6-9,26-27H,10-12H2,1-5H3. The molecule has 0 fully saturated rings. The highest BCUT2D eigenvalue weighted by Crippen LogP contribution is 2.43. The lowest BCUT2D eigenvalue weighted by molar-refractivity contribution is 0.0166. The number of phenolic OH excluding ortho intramolecular Hbond substituents is 1. The average Bonchev–Trinajstić information content (AvgIpc) is 3.02. The van der Waals surface area contributed by atoms with Crippen molar-refractivity contribution in [3.8, 4) is 33.6 Å². The zero-order valence-electron chi connectivity index (χ0n) is 18.4. The summed E-state index contributed by atoms with van der Waals surface area (Å²) in [4.78, 5) is 12.1. The molecular weight excluding hydrogens is 414 g/mol. The number of fused-ring (bicyclic) bond motifs is 1. The van der Waals surface area contributed by atoms with E-state index in [-0.39, 0.29) is 10.8 Å². The van der Waals surface area contributed by atoms with Crippen molar-refractivity contribution in [3.05, 3.63) is 56.2 Å². The molecule has 4 rings (SSSR count). The van der Waals surface area contributed by atoms with Gasteiger partial charge in [-0.25, -0.2) is 0 Å². The van der Waals surface area contributed by atoms with Crippen LogP contribution in [0.4, 0.5) is 0 Å². The largest absolute Gasteiger partial charge is 0.507 e. The highest BCUT2D eigenvalue weighted by atomic mass is 32.1. The van der Waals surface area contributed by atoms with Crippen molar-refractivity contribution in [1.29, 1.82) is 0 Å². The van der Waals surface area contributed by atoms with Crippen molar-refractivity contribution < 1.29 is 19.7 Å². The monoisotopic (exact) mass is 441 g/mol. The second-order valence-electron chi connectivity index (χ2n) is 8.48. The molecule has 1 atom stereocenters. The zero-order valence-corrected chi connectivity index (χ0v) is 19.2. The Balaban J connectivity index is 1.50. The highest BCUT2D eigenvalue weighted by molar-refractivity contribution is 7.13. The number of nitrogens with zero attached hydrogens (tertiary/aromatic N) is 1. The van der Waals surface area contributed by atoms with Crippen molar-refractivity contribution in [3.63, 3.8) is 0 Å². The molecule has 0 aliphatic carbocycles. The number of aromatic nitrogens is 1. The smallest absolute Gasteiger partial charge is 0.310 e. The number of phenols is 1. The Hall–Kier alpha value is -2.93. The number of hydrogen-bond acceptors (Lipinski definition) is 6. The summed E-state index contributed by atoms with van der Waals surface area (Å²) in [5.41, 5.74) is 4.07. The molecule has 0 radical (unpaired) electrons. The van der Waals surface area contributed by atoms with E-state index >= 15 is 0 Å². The van der Waals surface area contributed by atoms with Gasteiger partial charge in [0.1, 0.15) is 29.5 Å². The number of rotatable bonds is 4. The lowest BCUT2D eigenvalue weighted by Gasteiger charge is -2.37. The van der Waals surface area contributed by atoms with Crippen LogP contribution in [0.5, 0.6) is 23.1 Å².